The van der Waals surface area contributed by atoms with Crippen molar-refractivity contribution in [2.75, 3.05) is 11.5 Å². The van der Waals surface area contributed by atoms with Gasteiger partial charge in [-0.1, -0.05) is 26.2 Å². The second kappa shape index (κ2) is 6.27. The van der Waals surface area contributed by atoms with Crippen molar-refractivity contribution in [3.63, 3.8) is 0 Å². The molecule has 2 fully saturated rings. The van der Waals surface area contributed by atoms with E-state index in [0.29, 0.717) is 6.04 Å². The SMILES string of the molecule is CCC1CCC(C(NN)C2CCSC2)CC1. The van der Waals surface area contributed by atoms with Gasteiger partial charge in [-0.3, -0.25) is 11.3 Å². The summed E-state index contributed by atoms with van der Waals surface area (Å²) in [6.45, 7) is 2.33. The zero-order valence-corrected chi connectivity index (χ0v) is 11.3. The molecule has 1 saturated carbocycles. The second-order valence-corrected chi connectivity index (χ2v) is 6.66. The molecular weight excluding hydrogens is 216 g/mol. The summed E-state index contributed by atoms with van der Waals surface area (Å²) in [5, 5.41) is 0. The van der Waals surface area contributed by atoms with Gasteiger partial charge in [0, 0.05) is 6.04 Å². The van der Waals surface area contributed by atoms with Crippen LogP contribution < -0.4 is 11.3 Å². The normalized spacial score (nSPS) is 37.5. The third kappa shape index (κ3) is 2.93. The highest BCUT2D eigenvalue weighted by atomic mass is 32.2. The van der Waals surface area contributed by atoms with Crippen molar-refractivity contribution in [2.24, 2.45) is 23.6 Å². The van der Waals surface area contributed by atoms with E-state index in [1.807, 2.05) is 0 Å². The van der Waals surface area contributed by atoms with Crippen LogP contribution in [-0.4, -0.2) is 17.5 Å². The average molecular weight is 242 g/mol. The van der Waals surface area contributed by atoms with E-state index in [4.69, 9.17) is 5.84 Å². The lowest BCUT2D eigenvalue weighted by atomic mass is 9.74. The molecular formula is C13H26N2S. The number of thioether (sulfide) groups is 1. The molecule has 0 aromatic rings. The topological polar surface area (TPSA) is 38.0 Å². The van der Waals surface area contributed by atoms with Crippen LogP contribution in [0.15, 0.2) is 0 Å². The van der Waals surface area contributed by atoms with Crippen LogP contribution in [0.2, 0.25) is 0 Å². The fraction of sp³-hybridized carbons (Fsp3) is 1.00. The number of hydrazine groups is 1. The maximum Gasteiger partial charge on any atom is 0.0275 e. The summed E-state index contributed by atoms with van der Waals surface area (Å²) >= 11 is 2.10. The van der Waals surface area contributed by atoms with Gasteiger partial charge in [0.25, 0.3) is 0 Å². The first-order chi connectivity index (χ1) is 7.85. The molecule has 2 nitrogen and oxygen atoms in total. The molecule has 3 heteroatoms. The zero-order valence-electron chi connectivity index (χ0n) is 10.5. The minimum absolute atomic E-state index is 0.591. The Labute approximate surface area is 104 Å². The monoisotopic (exact) mass is 242 g/mol. The molecule has 0 spiro atoms. The number of hydrogen-bond acceptors (Lipinski definition) is 3. The molecule has 1 aliphatic heterocycles. The van der Waals surface area contributed by atoms with Crippen LogP contribution in [0.1, 0.15) is 45.4 Å². The Balaban J connectivity index is 1.85. The lowest BCUT2D eigenvalue weighted by molar-refractivity contribution is 0.184. The molecule has 0 aromatic carbocycles. The van der Waals surface area contributed by atoms with Crippen molar-refractivity contribution < 1.29 is 0 Å². The molecule has 1 aliphatic carbocycles. The summed E-state index contributed by atoms with van der Waals surface area (Å²) in [5.41, 5.74) is 3.13. The minimum atomic E-state index is 0.591. The lowest BCUT2D eigenvalue weighted by Gasteiger charge is -2.36. The van der Waals surface area contributed by atoms with Crippen molar-refractivity contribution in [3.05, 3.63) is 0 Å². The van der Waals surface area contributed by atoms with Crippen LogP contribution in [0, 0.1) is 17.8 Å². The molecule has 2 aliphatic rings. The van der Waals surface area contributed by atoms with Crippen LogP contribution in [-0.2, 0) is 0 Å². The standard InChI is InChI=1S/C13H26N2S/c1-2-10-3-5-11(6-4-10)13(15-14)12-7-8-16-9-12/h10-13,15H,2-9,14H2,1H3. The van der Waals surface area contributed by atoms with Gasteiger partial charge in [-0.05, 0) is 48.5 Å². The highest BCUT2D eigenvalue weighted by Crippen LogP contribution is 2.37. The highest BCUT2D eigenvalue weighted by Gasteiger charge is 2.33. The Morgan fingerprint density at radius 3 is 2.44 bits per heavy atom. The zero-order chi connectivity index (χ0) is 11.4. The average Bonchev–Trinajstić information content (AvgIpc) is 2.85. The first-order valence-electron chi connectivity index (χ1n) is 6.89. The fourth-order valence-electron chi connectivity index (χ4n) is 3.45. The summed E-state index contributed by atoms with van der Waals surface area (Å²) in [4.78, 5) is 0. The fourth-order valence-corrected chi connectivity index (χ4v) is 4.76. The Hall–Kier alpha value is 0.270. The van der Waals surface area contributed by atoms with Crippen molar-refractivity contribution in [1.82, 2.24) is 5.43 Å². The van der Waals surface area contributed by atoms with Crippen LogP contribution in [0.4, 0.5) is 0 Å². The van der Waals surface area contributed by atoms with Gasteiger partial charge in [-0.25, -0.2) is 0 Å². The molecule has 2 atom stereocenters. The number of nitrogens with one attached hydrogen (secondary N) is 1. The van der Waals surface area contributed by atoms with Gasteiger partial charge < -0.3 is 0 Å². The summed E-state index contributed by atoms with van der Waals surface area (Å²) in [6.07, 6.45) is 8.39. The number of nitrogens with two attached hydrogens (primary N) is 1. The van der Waals surface area contributed by atoms with Crippen molar-refractivity contribution in [1.29, 1.82) is 0 Å². The molecule has 94 valence electrons. The van der Waals surface area contributed by atoms with Crippen LogP contribution in [0.25, 0.3) is 0 Å². The maximum absolute atomic E-state index is 5.79. The predicted molar refractivity (Wildman–Crippen MR) is 72.3 cm³/mol. The molecule has 0 amide bonds. The largest absolute Gasteiger partial charge is 0.271 e. The third-order valence-electron chi connectivity index (χ3n) is 4.64. The first-order valence-corrected chi connectivity index (χ1v) is 8.04. The molecule has 0 aromatic heterocycles. The number of hydrogen-bond donors (Lipinski definition) is 2. The third-order valence-corrected chi connectivity index (χ3v) is 5.83. The Kier molecular flexibility index (Phi) is 4.98. The first kappa shape index (κ1) is 12.7. The van der Waals surface area contributed by atoms with Gasteiger partial charge >= 0.3 is 0 Å². The highest BCUT2D eigenvalue weighted by molar-refractivity contribution is 7.99. The predicted octanol–water partition coefficient (Wildman–Crippen LogP) is 2.79. The van der Waals surface area contributed by atoms with Gasteiger partial charge in [0.05, 0.1) is 0 Å². The van der Waals surface area contributed by atoms with E-state index in [-0.39, 0.29) is 0 Å². The summed E-state index contributed by atoms with van der Waals surface area (Å²) in [7, 11) is 0. The second-order valence-electron chi connectivity index (χ2n) is 5.51. The molecule has 0 radical (unpaired) electrons. The van der Waals surface area contributed by atoms with Gasteiger partial charge in [0.1, 0.15) is 0 Å². The maximum atomic E-state index is 5.79. The Morgan fingerprint density at radius 1 is 1.19 bits per heavy atom. The quantitative estimate of drug-likeness (QED) is 0.588. The Morgan fingerprint density at radius 2 is 1.94 bits per heavy atom. The van der Waals surface area contributed by atoms with E-state index < -0.39 is 0 Å². The summed E-state index contributed by atoms with van der Waals surface area (Å²) in [6, 6.07) is 0.591. The molecule has 3 N–H and O–H groups in total. The molecule has 0 bridgehead atoms. The molecule has 1 heterocycles. The van der Waals surface area contributed by atoms with E-state index in [2.05, 4.69) is 24.1 Å². The minimum Gasteiger partial charge on any atom is -0.271 e. The van der Waals surface area contributed by atoms with Crippen molar-refractivity contribution >= 4 is 11.8 Å². The summed E-state index contributed by atoms with van der Waals surface area (Å²) < 4.78 is 0. The molecule has 1 saturated heterocycles. The van der Waals surface area contributed by atoms with Gasteiger partial charge in [0.2, 0.25) is 0 Å². The van der Waals surface area contributed by atoms with Gasteiger partial charge in [-0.15, -0.1) is 0 Å². The van der Waals surface area contributed by atoms with E-state index >= 15 is 0 Å². The van der Waals surface area contributed by atoms with E-state index in [0.717, 1.165) is 17.8 Å². The molecule has 16 heavy (non-hydrogen) atoms. The van der Waals surface area contributed by atoms with Crippen LogP contribution in [0.3, 0.4) is 0 Å². The molecule has 2 unspecified atom stereocenters. The van der Waals surface area contributed by atoms with E-state index in [9.17, 15) is 0 Å². The van der Waals surface area contributed by atoms with Gasteiger partial charge in [0.15, 0.2) is 0 Å². The van der Waals surface area contributed by atoms with Crippen molar-refractivity contribution in [2.45, 2.75) is 51.5 Å². The van der Waals surface area contributed by atoms with E-state index in [1.165, 1.54) is 50.0 Å². The smallest absolute Gasteiger partial charge is 0.0275 e. The Bertz CT molecular complexity index is 196. The van der Waals surface area contributed by atoms with Crippen molar-refractivity contribution in [3.8, 4) is 0 Å². The summed E-state index contributed by atoms with van der Waals surface area (Å²) in [5.74, 6) is 11.1. The van der Waals surface area contributed by atoms with E-state index in [1.54, 1.807) is 0 Å². The molecule has 2 rings (SSSR count). The lowest BCUT2D eigenvalue weighted by Crippen LogP contribution is -2.47. The van der Waals surface area contributed by atoms with Gasteiger partial charge in [-0.2, -0.15) is 11.8 Å². The number of rotatable bonds is 4. The van der Waals surface area contributed by atoms with Crippen LogP contribution >= 0.6 is 11.8 Å². The van der Waals surface area contributed by atoms with Crippen LogP contribution in [0.5, 0.6) is 0 Å².